The van der Waals surface area contributed by atoms with Gasteiger partial charge in [0, 0.05) is 6.42 Å². The third-order valence-corrected chi connectivity index (χ3v) is 11.0. The second-order valence-corrected chi connectivity index (χ2v) is 15.9. The van der Waals surface area contributed by atoms with Crippen LogP contribution in [0.3, 0.4) is 0 Å². The lowest BCUT2D eigenvalue weighted by atomic mass is 9.99. The molecule has 52 heavy (non-hydrogen) atoms. The number of amides is 1. The molecule has 1 aliphatic rings. The van der Waals surface area contributed by atoms with E-state index in [1.165, 1.54) is 148 Å². The van der Waals surface area contributed by atoms with Gasteiger partial charge in [0.15, 0.2) is 6.29 Å². The van der Waals surface area contributed by atoms with E-state index in [-0.39, 0.29) is 12.5 Å². The summed E-state index contributed by atoms with van der Waals surface area (Å²) in [6.07, 6.45) is 29.8. The van der Waals surface area contributed by atoms with Crippen molar-refractivity contribution in [2.45, 2.75) is 256 Å². The van der Waals surface area contributed by atoms with Crippen LogP contribution in [0.15, 0.2) is 0 Å². The van der Waals surface area contributed by atoms with Crippen LogP contribution in [0.1, 0.15) is 213 Å². The Morgan fingerprint density at radius 3 is 1.37 bits per heavy atom. The summed E-state index contributed by atoms with van der Waals surface area (Å²) >= 11 is 0. The predicted molar refractivity (Wildman–Crippen MR) is 212 cm³/mol. The number of hydrogen-bond donors (Lipinski definition) is 6. The Bertz CT molecular complexity index is 786. The summed E-state index contributed by atoms with van der Waals surface area (Å²) < 4.78 is 11.2. The zero-order chi connectivity index (χ0) is 38.1. The van der Waals surface area contributed by atoms with Crippen LogP contribution in [0.25, 0.3) is 0 Å². The molecule has 1 fully saturated rings. The average molecular weight is 744 g/mol. The third kappa shape index (κ3) is 25.3. The van der Waals surface area contributed by atoms with Gasteiger partial charge in [-0.3, -0.25) is 4.79 Å². The maximum Gasteiger partial charge on any atom is 0.220 e. The van der Waals surface area contributed by atoms with Gasteiger partial charge in [-0.2, -0.15) is 0 Å². The van der Waals surface area contributed by atoms with Crippen LogP contribution >= 0.6 is 0 Å². The number of aliphatic hydroxyl groups excluding tert-OH is 5. The number of nitrogens with one attached hydrogen (secondary N) is 1. The molecule has 6 N–H and O–H groups in total. The van der Waals surface area contributed by atoms with Gasteiger partial charge in [0.05, 0.1) is 25.4 Å². The highest BCUT2D eigenvalue weighted by Gasteiger charge is 2.44. The zero-order valence-corrected chi connectivity index (χ0v) is 33.8. The molecule has 1 heterocycles. The van der Waals surface area contributed by atoms with Crippen molar-refractivity contribution in [3.8, 4) is 0 Å². The smallest absolute Gasteiger partial charge is 0.220 e. The highest BCUT2D eigenvalue weighted by atomic mass is 16.7. The Hall–Kier alpha value is -0.810. The molecule has 0 spiro atoms. The molecule has 0 radical (unpaired) electrons. The summed E-state index contributed by atoms with van der Waals surface area (Å²) in [5.74, 6) is -0.143. The first-order chi connectivity index (χ1) is 25.3. The average Bonchev–Trinajstić information content (AvgIpc) is 3.14. The van der Waals surface area contributed by atoms with E-state index in [2.05, 4.69) is 19.2 Å². The lowest BCUT2D eigenvalue weighted by Gasteiger charge is -2.40. The van der Waals surface area contributed by atoms with Crippen LogP contribution in [0.2, 0.25) is 0 Å². The van der Waals surface area contributed by atoms with Gasteiger partial charge >= 0.3 is 0 Å². The quantitative estimate of drug-likeness (QED) is 0.0346. The Morgan fingerprint density at radius 2 is 0.962 bits per heavy atom. The molecule has 1 saturated heterocycles. The van der Waals surface area contributed by atoms with Crippen molar-refractivity contribution in [2.24, 2.45) is 0 Å². The second-order valence-electron chi connectivity index (χ2n) is 15.9. The monoisotopic (exact) mass is 744 g/mol. The van der Waals surface area contributed by atoms with Crippen LogP contribution in [-0.2, 0) is 14.3 Å². The van der Waals surface area contributed by atoms with Crippen molar-refractivity contribution in [3.05, 3.63) is 0 Å². The van der Waals surface area contributed by atoms with E-state index in [0.29, 0.717) is 12.8 Å². The molecular formula is C43H85NO8. The fraction of sp³-hybridized carbons (Fsp3) is 0.977. The van der Waals surface area contributed by atoms with Crippen LogP contribution in [0.5, 0.6) is 0 Å². The second kappa shape index (κ2) is 34.7. The first-order valence-electron chi connectivity index (χ1n) is 22.2. The summed E-state index contributed by atoms with van der Waals surface area (Å²) in [6, 6.07) is -0.709. The van der Waals surface area contributed by atoms with Crippen LogP contribution < -0.4 is 5.32 Å². The fourth-order valence-electron chi connectivity index (χ4n) is 7.34. The highest BCUT2D eigenvalue weighted by Crippen LogP contribution is 2.23. The minimum atomic E-state index is -1.55. The predicted octanol–water partition coefficient (Wildman–Crippen LogP) is 8.78. The van der Waals surface area contributed by atoms with Gasteiger partial charge in [-0.1, -0.05) is 194 Å². The molecule has 0 aromatic heterocycles. The van der Waals surface area contributed by atoms with Crippen molar-refractivity contribution in [1.82, 2.24) is 5.32 Å². The molecule has 1 aliphatic heterocycles. The maximum absolute atomic E-state index is 12.9. The van der Waals surface area contributed by atoms with E-state index in [4.69, 9.17) is 9.47 Å². The SMILES string of the molecule is CCCCCCCCCCCCCCCCCCCCCCC(=O)NC(COC1OC(CO)C(O)C(O)C1O)C(O)CCCCCCCCCCC. The minimum Gasteiger partial charge on any atom is -0.394 e. The van der Waals surface area contributed by atoms with E-state index in [1.807, 2.05) is 0 Å². The highest BCUT2D eigenvalue weighted by molar-refractivity contribution is 5.76. The van der Waals surface area contributed by atoms with Gasteiger partial charge in [0.25, 0.3) is 0 Å². The topological polar surface area (TPSA) is 149 Å². The molecule has 9 nitrogen and oxygen atoms in total. The summed E-state index contributed by atoms with van der Waals surface area (Å²) in [6.45, 7) is 3.82. The summed E-state index contributed by atoms with van der Waals surface area (Å²) in [5, 5.41) is 54.1. The molecule has 0 bridgehead atoms. The molecule has 0 aliphatic carbocycles. The van der Waals surface area contributed by atoms with Crippen molar-refractivity contribution in [1.29, 1.82) is 0 Å². The summed E-state index contributed by atoms with van der Waals surface area (Å²) in [4.78, 5) is 12.9. The molecular weight excluding hydrogens is 658 g/mol. The van der Waals surface area contributed by atoms with Gasteiger partial charge < -0.3 is 40.3 Å². The fourth-order valence-corrected chi connectivity index (χ4v) is 7.34. The van der Waals surface area contributed by atoms with Gasteiger partial charge in [0.2, 0.25) is 5.91 Å². The number of rotatable bonds is 37. The first kappa shape index (κ1) is 49.2. The number of aliphatic hydroxyl groups is 5. The minimum absolute atomic E-state index is 0.133. The standard InChI is InChI=1S/C43H85NO8/c1-3-5-7-9-11-13-14-15-16-17-18-19-20-21-22-23-25-27-29-31-33-39(47)44-36(37(46)32-30-28-26-24-12-10-8-6-4-2)35-51-43-42(50)41(49)40(48)38(34-45)52-43/h36-38,40-43,45-46,48-50H,3-35H2,1-2H3,(H,44,47). The number of hydrogen-bond acceptors (Lipinski definition) is 8. The van der Waals surface area contributed by atoms with Gasteiger partial charge in [-0.25, -0.2) is 0 Å². The van der Waals surface area contributed by atoms with Crippen LogP contribution in [0.4, 0.5) is 0 Å². The number of unbranched alkanes of at least 4 members (excludes halogenated alkanes) is 27. The van der Waals surface area contributed by atoms with E-state index < -0.39 is 49.5 Å². The molecule has 1 amide bonds. The lowest BCUT2D eigenvalue weighted by molar-refractivity contribution is -0.302. The third-order valence-electron chi connectivity index (χ3n) is 11.0. The zero-order valence-electron chi connectivity index (χ0n) is 33.8. The van der Waals surface area contributed by atoms with Crippen molar-refractivity contribution < 1.29 is 39.8 Å². The molecule has 7 unspecified atom stereocenters. The molecule has 1 rings (SSSR count). The van der Waals surface area contributed by atoms with Crippen LogP contribution in [-0.4, -0.2) is 87.5 Å². The Kier molecular flexibility index (Phi) is 32.8. The number of carbonyl (C=O) groups is 1. The van der Waals surface area contributed by atoms with Gasteiger partial charge in [0.1, 0.15) is 24.4 Å². The molecule has 9 heteroatoms. The Labute approximate surface area is 319 Å². The maximum atomic E-state index is 12.9. The van der Waals surface area contributed by atoms with Gasteiger partial charge in [-0.05, 0) is 12.8 Å². The van der Waals surface area contributed by atoms with E-state index >= 15 is 0 Å². The molecule has 0 aromatic carbocycles. The van der Waals surface area contributed by atoms with E-state index in [1.54, 1.807) is 0 Å². The van der Waals surface area contributed by atoms with Crippen molar-refractivity contribution in [2.75, 3.05) is 13.2 Å². The Balaban J connectivity index is 2.25. The summed E-state index contributed by atoms with van der Waals surface area (Å²) in [7, 11) is 0. The van der Waals surface area contributed by atoms with Crippen molar-refractivity contribution >= 4 is 5.91 Å². The number of carbonyl (C=O) groups excluding carboxylic acids is 1. The van der Waals surface area contributed by atoms with Crippen LogP contribution in [0, 0.1) is 0 Å². The number of ether oxygens (including phenoxy) is 2. The van der Waals surface area contributed by atoms with Crippen molar-refractivity contribution in [3.63, 3.8) is 0 Å². The molecule has 7 atom stereocenters. The molecule has 310 valence electrons. The lowest BCUT2D eigenvalue weighted by Crippen LogP contribution is -2.60. The van der Waals surface area contributed by atoms with E-state index in [9.17, 15) is 30.3 Å². The molecule has 0 saturated carbocycles. The summed E-state index contributed by atoms with van der Waals surface area (Å²) in [5.41, 5.74) is 0. The first-order valence-corrected chi connectivity index (χ1v) is 22.2. The Morgan fingerprint density at radius 1 is 0.577 bits per heavy atom. The molecule has 0 aromatic rings. The largest absolute Gasteiger partial charge is 0.394 e. The van der Waals surface area contributed by atoms with Gasteiger partial charge in [-0.15, -0.1) is 0 Å². The normalized spacial score (nSPS) is 21.7. The van der Waals surface area contributed by atoms with E-state index in [0.717, 1.165) is 38.5 Å².